The fraction of sp³-hybridized carbons (Fsp3) is 0.435. The predicted octanol–water partition coefficient (Wildman–Crippen LogP) is 2.57. The molecule has 3 aliphatic heterocycles. The Hall–Kier alpha value is -3.13. The number of rotatable bonds is 7. The maximum absolute atomic E-state index is 12.7. The molecule has 0 radical (unpaired) electrons. The number of methoxy groups -OCH3 is 1. The summed E-state index contributed by atoms with van der Waals surface area (Å²) in [4.78, 5) is 15.2. The van der Waals surface area contributed by atoms with Gasteiger partial charge in [0.25, 0.3) is 0 Å². The van der Waals surface area contributed by atoms with E-state index in [1.54, 1.807) is 13.4 Å². The van der Waals surface area contributed by atoms with Gasteiger partial charge in [-0.3, -0.25) is 14.4 Å². The number of piperidine rings is 3. The first kappa shape index (κ1) is 19.8. The van der Waals surface area contributed by atoms with Gasteiger partial charge in [-0.15, -0.1) is 5.10 Å². The third kappa shape index (κ3) is 4.20. The van der Waals surface area contributed by atoms with Gasteiger partial charge in [0.1, 0.15) is 17.2 Å². The van der Waals surface area contributed by atoms with Gasteiger partial charge in [0.2, 0.25) is 5.91 Å². The van der Waals surface area contributed by atoms with Gasteiger partial charge in [-0.2, -0.15) is 0 Å². The fourth-order valence-electron chi connectivity index (χ4n) is 4.84. The highest BCUT2D eigenvalue weighted by molar-refractivity contribution is 5.79. The van der Waals surface area contributed by atoms with Crippen molar-refractivity contribution in [2.24, 2.45) is 11.8 Å². The number of amides is 1. The normalized spacial score (nSPS) is 24.8. The van der Waals surface area contributed by atoms with Crippen LogP contribution < -0.4 is 10.1 Å². The molecule has 8 nitrogen and oxygen atoms in total. The molecule has 1 unspecified atom stereocenters. The highest BCUT2D eigenvalue weighted by Crippen LogP contribution is 2.37. The predicted molar refractivity (Wildman–Crippen MR) is 114 cm³/mol. The lowest BCUT2D eigenvalue weighted by Crippen LogP contribution is -2.57. The zero-order valence-corrected chi connectivity index (χ0v) is 17.6. The Bertz CT molecular complexity index is 1010. The van der Waals surface area contributed by atoms with Crippen molar-refractivity contribution in [2.45, 2.75) is 32.0 Å². The quantitative estimate of drug-likeness (QED) is 0.631. The first-order valence-electron chi connectivity index (χ1n) is 10.8. The van der Waals surface area contributed by atoms with Gasteiger partial charge >= 0.3 is 0 Å². The van der Waals surface area contributed by atoms with Gasteiger partial charge in [-0.05, 0) is 61.7 Å². The van der Waals surface area contributed by atoms with E-state index < -0.39 is 0 Å². The zero-order valence-electron chi connectivity index (χ0n) is 17.6. The Balaban J connectivity index is 1.19. The molecule has 3 saturated heterocycles. The minimum absolute atomic E-state index is 0.0468. The molecule has 31 heavy (non-hydrogen) atoms. The first-order valence-corrected chi connectivity index (χ1v) is 10.8. The van der Waals surface area contributed by atoms with Crippen LogP contribution in [0.15, 0.2) is 53.3 Å². The lowest BCUT2D eigenvalue weighted by molar-refractivity contribution is -0.133. The Kier molecular flexibility index (Phi) is 5.46. The molecule has 3 aromatic rings. The van der Waals surface area contributed by atoms with E-state index in [1.165, 1.54) is 0 Å². The van der Waals surface area contributed by atoms with Crippen LogP contribution in [0.1, 0.15) is 18.6 Å². The number of carbonyl (C=O) groups excluding carboxylic acids is 1. The van der Waals surface area contributed by atoms with Gasteiger partial charge < -0.3 is 14.5 Å². The standard InChI is InChI=1S/C23H27N5O3/c1-30-19-6-4-16(5-7-19)22-15-28(26-25-22)13-18-11-17-8-9-27(18)14-21(17)23(29)24-12-20-3-2-10-31-20/h2-7,10,15,17-18,21H,8-9,11-14H2,1H3,(H,24,29)/t17-,18-,21+/m1/s1. The maximum Gasteiger partial charge on any atom is 0.225 e. The summed E-state index contributed by atoms with van der Waals surface area (Å²) >= 11 is 0. The second-order valence-electron chi connectivity index (χ2n) is 8.39. The molecule has 162 valence electrons. The average Bonchev–Trinajstić information content (AvgIpc) is 3.50. The summed E-state index contributed by atoms with van der Waals surface area (Å²) in [5.41, 5.74) is 1.87. The van der Waals surface area contributed by atoms with Crippen molar-refractivity contribution in [3.05, 3.63) is 54.6 Å². The average molecular weight is 422 g/mol. The van der Waals surface area contributed by atoms with Gasteiger partial charge in [0.15, 0.2) is 0 Å². The number of carbonyl (C=O) groups is 1. The highest BCUT2D eigenvalue weighted by atomic mass is 16.5. The Morgan fingerprint density at radius 3 is 2.87 bits per heavy atom. The molecule has 2 aromatic heterocycles. The van der Waals surface area contributed by atoms with Crippen molar-refractivity contribution in [3.63, 3.8) is 0 Å². The number of aromatic nitrogens is 3. The van der Waals surface area contributed by atoms with Crippen LogP contribution in [0, 0.1) is 11.8 Å². The number of ether oxygens (including phenoxy) is 1. The third-order valence-corrected chi connectivity index (χ3v) is 6.55. The number of benzene rings is 1. The minimum atomic E-state index is 0.0468. The molecule has 5 heterocycles. The van der Waals surface area contributed by atoms with Crippen LogP contribution in [0.4, 0.5) is 0 Å². The largest absolute Gasteiger partial charge is 0.497 e. The van der Waals surface area contributed by atoms with Gasteiger partial charge in [0, 0.05) is 18.2 Å². The van der Waals surface area contributed by atoms with Gasteiger partial charge in [-0.25, -0.2) is 0 Å². The molecule has 1 aromatic carbocycles. The van der Waals surface area contributed by atoms with Crippen LogP contribution in [0.2, 0.25) is 0 Å². The second-order valence-corrected chi connectivity index (χ2v) is 8.39. The number of hydrogen-bond acceptors (Lipinski definition) is 6. The Morgan fingerprint density at radius 2 is 2.16 bits per heavy atom. The summed E-state index contributed by atoms with van der Waals surface area (Å²) in [7, 11) is 1.66. The molecule has 8 heteroatoms. The van der Waals surface area contributed by atoms with E-state index in [-0.39, 0.29) is 11.8 Å². The SMILES string of the molecule is COc1ccc(-c2cn(C[C@H]3C[C@H]4CCN3C[C@@H]4C(=O)NCc3ccco3)nn2)cc1. The monoisotopic (exact) mass is 421 g/mol. The molecule has 3 fully saturated rings. The second kappa shape index (κ2) is 8.55. The molecule has 4 atom stereocenters. The summed E-state index contributed by atoms with van der Waals surface area (Å²) in [6.07, 6.45) is 5.71. The van der Waals surface area contributed by atoms with E-state index in [0.717, 1.165) is 55.2 Å². The van der Waals surface area contributed by atoms with Gasteiger partial charge in [-0.1, -0.05) is 5.21 Å². The van der Waals surface area contributed by atoms with E-state index in [4.69, 9.17) is 9.15 Å². The molecule has 1 N–H and O–H groups in total. The lowest BCUT2D eigenvalue weighted by Gasteiger charge is -2.49. The van der Waals surface area contributed by atoms with Crippen molar-refractivity contribution in [2.75, 3.05) is 20.2 Å². The van der Waals surface area contributed by atoms with Crippen LogP contribution in [-0.4, -0.2) is 52.0 Å². The molecule has 0 spiro atoms. The summed E-state index contributed by atoms with van der Waals surface area (Å²) in [6.45, 7) is 3.09. The highest BCUT2D eigenvalue weighted by Gasteiger charge is 2.43. The minimum Gasteiger partial charge on any atom is -0.497 e. The molecular weight excluding hydrogens is 394 g/mol. The van der Waals surface area contributed by atoms with E-state index in [1.807, 2.05) is 47.3 Å². The van der Waals surface area contributed by atoms with E-state index in [2.05, 4.69) is 20.5 Å². The maximum atomic E-state index is 12.7. The fourth-order valence-corrected chi connectivity index (χ4v) is 4.84. The van der Waals surface area contributed by atoms with Crippen molar-refractivity contribution in [1.82, 2.24) is 25.2 Å². The summed E-state index contributed by atoms with van der Waals surface area (Å²) in [6, 6.07) is 11.9. The third-order valence-electron chi connectivity index (χ3n) is 6.55. The van der Waals surface area contributed by atoms with Crippen molar-refractivity contribution >= 4 is 5.91 Å². The number of nitrogens with zero attached hydrogens (tertiary/aromatic N) is 4. The van der Waals surface area contributed by atoms with Crippen molar-refractivity contribution < 1.29 is 13.9 Å². The molecule has 6 rings (SSSR count). The topological polar surface area (TPSA) is 85.4 Å². The van der Waals surface area contributed by atoms with E-state index in [0.29, 0.717) is 18.5 Å². The number of furan rings is 1. The summed E-state index contributed by atoms with van der Waals surface area (Å²) < 4.78 is 12.5. The van der Waals surface area contributed by atoms with Crippen molar-refractivity contribution in [1.29, 1.82) is 0 Å². The number of nitrogens with one attached hydrogen (secondary N) is 1. The molecular formula is C23H27N5O3. The van der Waals surface area contributed by atoms with Crippen LogP contribution in [-0.2, 0) is 17.9 Å². The van der Waals surface area contributed by atoms with Crippen LogP contribution in [0.25, 0.3) is 11.3 Å². The van der Waals surface area contributed by atoms with E-state index in [9.17, 15) is 4.79 Å². The van der Waals surface area contributed by atoms with Crippen molar-refractivity contribution in [3.8, 4) is 17.0 Å². The molecule has 0 aliphatic carbocycles. The molecule has 3 aliphatic rings. The van der Waals surface area contributed by atoms with Crippen LogP contribution >= 0.6 is 0 Å². The lowest BCUT2D eigenvalue weighted by atomic mass is 9.75. The zero-order chi connectivity index (χ0) is 21.2. The Labute approximate surface area is 181 Å². The number of hydrogen-bond donors (Lipinski definition) is 1. The summed E-state index contributed by atoms with van der Waals surface area (Å²) in [5.74, 6) is 2.20. The first-order chi connectivity index (χ1) is 15.2. The molecule has 1 amide bonds. The van der Waals surface area contributed by atoms with E-state index >= 15 is 0 Å². The van der Waals surface area contributed by atoms with Crippen LogP contribution in [0.3, 0.4) is 0 Å². The molecule has 2 bridgehead atoms. The Morgan fingerprint density at radius 1 is 1.29 bits per heavy atom. The number of fused-ring (bicyclic) bond motifs is 3. The van der Waals surface area contributed by atoms with Gasteiger partial charge in [0.05, 0.1) is 38.6 Å². The van der Waals surface area contributed by atoms with Crippen LogP contribution in [0.5, 0.6) is 5.75 Å². The summed E-state index contributed by atoms with van der Waals surface area (Å²) in [5, 5.41) is 11.7. The smallest absolute Gasteiger partial charge is 0.225 e. The molecule has 0 saturated carbocycles.